The maximum atomic E-state index is 12.0. The molecule has 0 fully saturated rings. The summed E-state index contributed by atoms with van der Waals surface area (Å²) in [6, 6.07) is 12.6. The zero-order valence-electron chi connectivity index (χ0n) is 13.6. The molecule has 0 spiro atoms. The summed E-state index contributed by atoms with van der Waals surface area (Å²) >= 11 is 15.2. The summed E-state index contributed by atoms with van der Waals surface area (Å²) in [7, 11) is 0. The lowest BCUT2D eigenvalue weighted by Crippen LogP contribution is -2.26. The third-order valence-corrected chi connectivity index (χ3v) is 4.29. The van der Waals surface area contributed by atoms with E-state index in [4.69, 9.17) is 27.9 Å². The molecular formula is C18H17BrCl2N2O2. The van der Waals surface area contributed by atoms with Crippen LogP contribution in [0.1, 0.15) is 25.3 Å². The Hall–Kier alpha value is -1.56. The van der Waals surface area contributed by atoms with Crippen molar-refractivity contribution in [3.63, 3.8) is 0 Å². The van der Waals surface area contributed by atoms with Crippen LogP contribution in [-0.4, -0.2) is 18.2 Å². The second kappa shape index (κ2) is 9.80. The van der Waals surface area contributed by atoms with Gasteiger partial charge in [0.1, 0.15) is 5.75 Å². The molecule has 0 atom stereocenters. The van der Waals surface area contributed by atoms with Crippen LogP contribution in [0.2, 0.25) is 10.0 Å². The number of carbonyl (C=O) groups is 1. The van der Waals surface area contributed by atoms with Gasteiger partial charge in [0.2, 0.25) is 0 Å². The fraction of sp³-hybridized carbons (Fsp3) is 0.222. The molecule has 7 heteroatoms. The Kier molecular flexibility index (Phi) is 7.75. The summed E-state index contributed by atoms with van der Waals surface area (Å²) < 4.78 is 6.38. The van der Waals surface area contributed by atoms with Gasteiger partial charge < -0.3 is 4.74 Å². The first kappa shape index (κ1) is 19.8. The van der Waals surface area contributed by atoms with Crippen LogP contribution in [0.4, 0.5) is 0 Å². The number of nitrogens with one attached hydrogen (secondary N) is 1. The Bertz CT molecular complexity index is 764. The van der Waals surface area contributed by atoms with Gasteiger partial charge in [0.05, 0.1) is 10.7 Å². The van der Waals surface area contributed by atoms with Crippen molar-refractivity contribution >= 4 is 50.8 Å². The monoisotopic (exact) mass is 442 g/mol. The fourth-order valence-electron chi connectivity index (χ4n) is 2.04. The molecule has 2 rings (SSSR count). The largest absolute Gasteiger partial charge is 0.482 e. The van der Waals surface area contributed by atoms with Crippen molar-refractivity contribution < 1.29 is 9.53 Å². The van der Waals surface area contributed by atoms with Gasteiger partial charge in [0.15, 0.2) is 6.61 Å². The highest BCUT2D eigenvalue weighted by molar-refractivity contribution is 9.10. The topological polar surface area (TPSA) is 50.7 Å². The van der Waals surface area contributed by atoms with Crippen LogP contribution < -0.4 is 10.2 Å². The molecule has 0 aliphatic rings. The van der Waals surface area contributed by atoms with E-state index in [1.165, 1.54) is 0 Å². The minimum atomic E-state index is -0.364. The summed E-state index contributed by atoms with van der Waals surface area (Å²) in [6.45, 7) is 1.87. The molecule has 25 heavy (non-hydrogen) atoms. The maximum Gasteiger partial charge on any atom is 0.277 e. The van der Waals surface area contributed by atoms with Crippen molar-refractivity contribution in [3.8, 4) is 5.75 Å². The molecule has 0 aliphatic carbocycles. The first-order chi connectivity index (χ1) is 12.0. The standard InChI is InChI=1S/C18H17BrCl2N2O2/c1-2-3-16(12-4-6-13(19)7-5-12)22-23-18(24)11-25-17-9-8-14(20)10-15(17)21/h4-10H,2-3,11H2,1H3,(H,23,24)/b22-16+. The first-order valence-electron chi connectivity index (χ1n) is 7.68. The van der Waals surface area contributed by atoms with Gasteiger partial charge >= 0.3 is 0 Å². The lowest BCUT2D eigenvalue weighted by molar-refractivity contribution is -0.123. The van der Waals surface area contributed by atoms with Crippen LogP contribution in [0.15, 0.2) is 52.0 Å². The lowest BCUT2D eigenvalue weighted by Gasteiger charge is -2.09. The predicted molar refractivity (Wildman–Crippen MR) is 106 cm³/mol. The number of hydrogen-bond acceptors (Lipinski definition) is 3. The molecule has 0 aliphatic heterocycles. The van der Waals surface area contributed by atoms with Crippen molar-refractivity contribution in [2.75, 3.05) is 6.61 Å². The van der Waals surface area contributed by atoms with E-state index in [0.717, 1.165) is 28.6 Å². The number of ether oxygens (including phenoxy) is 1. The van der Waals surface area contributed by atoms with Crippen LogP contribution >= 0.6 is 39.1 Å². The number of rotatable bonds is 7. The smallest absolute Gasteiger partial charge is 0.277 e. The highest BCUT2D eigenvalue weighted by Gasteiger charge is 2.08. The average Bonchev–Trinajstić information content (AvgIpc) is 2.58. The first-order valence-corrected chi connectivity index (χ1v) is 9.23. The molecule has 0 saturated carbocycles. The second-order valence-electron chi connectivity index (χ2n) is 5.21. The van der Waals surface area contributed by atoms with Crippen LogP contribution in [0.5, 0.6) is 5.75 Å². The summed E-state index contributed by atoms with van der Waals surface area (Å²) in [4.78, 5) is 12.0. The Morgan fingerprint density at radius 1 is 1.20 bits per heavy atom. The minimum Gasteiger partial charge on any atom is -0.482 e. The van der Waals surface area contributed by atoms with E-state index in [0.29, 0.717) is 15.8 Å². The third-order valence-electron chi connectivity index (χ3n) is 3.23. The van der Waals surface area contributed by atoms with Crippen molar-refractivity contribution in [3.05, 3.63) is 62.5 Å². The van der Waals surface area contributed by atoms with Gasteiger partial charge in [0.25, 0.3) is 5.91 Å². The second-order valence-corrected chi connectivity index (χ2v) is 6.97. The van der Waals surface area contributed by atoms with E-state index in [-0.39, 0.29) is 12.5 Å². The van der Waals surface area contributed by atoms with Crippen molar-refractivity contribution in [1.82, 2.24) is 5.43 Å². The number of hydrazone groups is 1. The van der Waals surface area contributed by atoms with Gasteiger partial charge in [-0.15, -0.1) is 0 Å². The van der Waals surface area contributed by atoms with Crippen molar-refractivity contribution in [2.45, 2.75) is 19.8 Å². The molecule has 0 radical (unpaired) electrons. The lowest BCUT2D eigenvalue weighted by atomic mass is 10.1. The zero-order chi connectivity index (χ0) is 18.2. The molecule has 2 aromatic carbocycles. The highest BCUT2D eigenvalue weighted by Crippen LogP contribution is 2.27. The Balaban J connectivity index is 1.97. The normalized spacial score (nSPS) is 11.3. The van der Waals surface area contributed by atoms with Crippen LogP contribution in [0, 0.1) is 0 Å². The third kappa shape index (κ3) is 6.34. The van der Waals surface area contributed by atoms with Crippen molar-refractivity contribution in [1.29, 1.82) is 0 Å². The van der Waals surface area contributed by atoms with Gasteiger partial charge in [-0.3, -0.25) is 4.79 Å². The molecule has 1 amide bonds. The number of hydrogen-bond donors (Lipinski definition) is 1. The highest BCUT2D eigenvalue weighted by atomic mass is 79.9. The molecule has 0 unspecified atom stereocenters. The Morgan fingerprint density at radius 3 is 2.56 bits per heavy atom. The SMILES string of the molecule is CCC/C(=N\NC(=O)COc1ccc(Cl)cc1Cl)c1ccc(Br)cc1. The molecule has 1 N–H and O–H groups in total. The summed E-state index contributed by atoms with van der Waals surface area (Å²) in [5, 5.41) is 5.09. The van der Waals surface area contributed by atoms with E-state index in [1.54, 1.807) is 18.2 Å². The molecule has 132 valence electrons. The number of halogens is 3. The van der Waals surface area contributed by atoms with E-state index in [2.05, 4.69) is 33.4 Å². The fourth-order valence-corrected chi connectivity index (χ4v) is 2.77. The summed E-state index contributed by atoms with van der Waals surface area (Å²) in [6.07, 6.45) is 1.67. The summed E-state index contributed by atoms with van der Waals surface area (Å²) in [5.41, 5.74) is 4.30. The van der Waals surface area contributed by atoms with E-state index in [1.807, 2.05) is 24.3 Å². The Labute approximate surface area is 165 Å². The van der Waals surface area contributed by atoms with Crippen LogP contribution in [0.25, 0.3) is 0 Å². The van der Waals surface area contributed by atoms with Gasteiger partial charge in [-0.25, -0.2) is 5.43 Å². The van der Waals surface area contributed by atoms with E-state index in [9.17, 15) is 4.79 Å². The number of carbonyl (C=O) groups excluding carboxylic acids is 1. The molecule has 0 bridgehead atoms. The van der Waals surface area contributed by atoms with Crippen LogP contribution in [-0.2, 0) is 4.79 Å². The number of nitrogens with zero attached hydrogens (tertiary/aromatic N) is 1. The van der Waals surface area contributed by atoms with Gasteiger partial charge in [-0.1, -0.05) is 64.6 Å². The van der Waals surface area contributed by atoms with Crippen LogP contribution in [0.3, 0.4) is 0 Å². The maximum absolute atomic E-state index is 12.0. The molecule has 0 aromatic heterocycles. The Morgan fingerprint density at radius 2 is 1.92 bits per heavy atom. The summed E-state index contributed by atoms with van der Waals surface area (Å²) in [5.74, 6) is 0.0311. The quantitative estimate of drug-likeness (QED) is 0.456. The number of amides is 1. The van der Waals surface area contributed by atoms with Crippen molar-refractivity contribution in [2.24, 2.45) is 5.10 Å². The van der Waals surface area contributed by atoms with Gasteiger partial charge in [-0.2, -0.15) is 5.10 Å². The predicted octanol–water partition coefficient (Wildman–Crippen LogP) is 5.46. The minimum absolute atomic E-state index is 0.190. The zero-order valence-corrected chi connectivity index (χ0v) is 16.7. The molecule has 4 nitrogen and oxygen atoms in total. The molecular weight excluding hydrogens is 427 g/mol. The van der Waals surface area contributed by atoms with E-state index >= 15 is 0 Å². The van der Waals surface area contributed by atoms with Gasteiger partial charge in [-0.05, 0) is 42.3 Å². The average molecular weight is 444 g/mol. The number of benzene rings is 2. The molecule has 0 heterocycles. The van der Waals surface area contributed by atoms with Gasteiger partial charge in [0, 0.05) is 9.50 Å². The molecule has 2 aromatic rings. The molecule has 0 saturated heterocycles. The van der Waals surface area contributed by atoms with E-state index < -0.39 is 0 Å².